The predicted molar refractivity (Wildman–Crippen MR) is 146 cm³/mol. The van der Waals surface area contributed by atoms with Crippen LogP contribution in [0, 0.1) is 5.82 Å². The largest absolute Gasteiger partial charge is 0.488 e. The lowest BCUT2D eigenvalue weighted by molar-refractivity contribution is 0.305. The van der Waals surface area contributed by atoms with Crippen molar-refractivity contribution in [3.63, 3.8) is 0 Å². The summed E-state index contributed by atoms with van der Waals surface area (Å²) in [6.07, 6.45) is 1.54. The summed E-state index contributed by atoms with van der Waals surface area (Å²) in [6, 6.07) is 27.6. The highest BCUT2D eigenvalue weighted by Gasteiger charge is 2.17. The first-order valence-electron chi connectivity index (χ1n) is 11.8. The van der Waals surface area contributed by atoms with Gasteiger partial charge < -0.3 is 9.15 Å². The number of hydrogen-bond acceptors (Lipinski definition) is 5. The summed E-state index contributed by atoms with van der Waals surface area (Å²) in [4.78, 5) is 18.2. The van der Waals surface area contributed by atoms with E-state index in [2.05, 4.69) is 5.10 Å². The Morgan fingerprint density at radius 3 is 2.63 bits per heavy atom. The van der Waals surface area contributed by atoms with Gasteiger partial charge >= 0.3 is 0 Å². The second-order valence-electron chi connectivity index (χ2n) is 8.56. The molecule has 0 radical (unpaired) electrons. The normalized spacial score (nSPS) is 11.5. The first-order chi connectivity index (χ1) is 18.5. The number of hydrogen-bond donors (Lipinski definition) is 0. The molecule has 0 aliphatic carbocycles. The van der Waals surface area contributed by atoms with Gasteiger partial charge in [0.2, 0.25) is 5.82 Å². The van der Waals surface area contributed by atoms with E-state index in [1.807, 2.05) is 24.3 Å². The second kappa shape index (κ2) is 9.95. The van der Waals surface area contributed by atoms with Crippen molar-refractivity contribution in [2.75, 3.05) is 0 Å². The average Bonchev–Trinajstić information content (AvgIpc) is 3.36. The highest BCUT2D eigenvalue weighted by Crippen LogP contribution is 2.29. The van der Waals surface area contributed by atoms with Crippen LogP contribution in [0.15, 0.2) is 111 Å². The fourth-order valence-corrected chi connectivity index (χ4v) is 4.28. The molecule has 0 amide bonds. The molecule has 4 aromatic carbocycles. The first-order valence-corrected chi connectivity index (χ1v) is 12.1. The Labute approximate surface area is 221 Å². The molecule has 0 aliphatic heterocycles. The monoisotopic (exact) mass is 523 g/mol. The summed E-state index contributed by atoms with van der Waals surface area (Å²) >= 11 is 6.15. The Kier molecular flexibility index (Phi) is 6.19. The number of benzene rings is 4. The summed E-state index contributed by atoms with van der Waals surface area (Å²) in [5.74, 6) is 0.881. The Bertz CT molecular complexity index is 1880. The molecule has 6 aromatic rings. The molecule has 8 heteroatoms. The number of para-hydroxylation sites is 2. The van der Waals surface area contributed by atoms with E-state index in [4.69, 9.17) is 25.7 Å². The smallest absolute Gasteiger partial charge is 0.282 e. The zero-order valence-electron chi connectivity index (χ0n) is 19.8. The van der Waals surface area contributed by atoms with Crippen LogP contribution in [0.25, 0.3) is 33.5 Å². The summed E-state index contributed by atoms with van der Waals surface area (Å²) in [5.41, 5.74) is 2.27. The van der Waals surface area contributed by atoms with Gasteiger partial charge in [0, 0.05) is 16.0 Å². The molecule has 0 bridgehead atoms. The highest BCUT2D eigenvalue weighted by molar-refractivity contribution is 6.31. The number of nitrogens with zero attached hydrogens (tertiary/aromatic N) is 3. The molecule has 2 aromatic heterocycles. The van der Waals surface area contributed by atoms with Gasteiger partial charge in [0.1, 0.15) is 23.8 Å². The number of fused-ring (bicyclic) bond motifs is 2. The molecular formula is C30H19ClFN3O3. The molecule has 186 valence electrons. The molecule has 0 spiro atoms. The molecule has 6 rings (SSSR count). The van der Waals surface area contributed by atoms with E-state index in [0.717, 1.165) is 10.9 Å². The van der Waals surface area contributed by atoms with E-state index in [1.54, 1.807) is 66.9 Å². The van der Waals surface area contributed by atoms with Gasteiger partial charge in [-0.25, -0.2) is 9.37 Å². The van der Waals surface area contributed by atoms with Gasteiger partial charge in [-0.2, -0.15) is 9.78 Å². The quantitative estimate of drug-likeness (QED) is 0.219. The van der Waals surface area contributed by atoms with Crippen molar-refractivity contribution in [2.24, 2.45) is 5.10 Å². The fraction of sp³-hybridized carbons (Fsp3) is 0.0333. The van der Waals surface area contributed by atoms with E-state index in [0.29, 0.717) is 38.6 Å². The molecule has 6 nitrogen and oxygen atoms in total. The van der Waals surface area contributed by atoms with Gasteiger partial charge in [-0.15, -0.1) is 0 Å². The third kappa shape index (κ3) is 4.67. The van der Waals surface area contributed by atoms with Crippen LogP contribution in [0.2, 0.25) is 5.02 Å². The highest BCUT2D eigenvalue weighted by atomic mass is 35.5. The van der Waals surface area contributed by atoms with Crippen LogP contribution in [0.4, 0.5) is 4.39 Å². The van der Waals surface area contributed by atoms with Crippen molar-refractivity contribution in [3.8, 4) is 17.3 Å². The van der Waals surface area contributed by atoms with Gasteiger partial charge in [0.25, 0.3) is 5.56 Å². The van der Waals surface area contributed by atoms with E-state index < -0.39 is 0 Å². The Morgan fingerprint density at radius 1 is 0.974 bits per heavy atom. The van der Waals surface area contributed by atoms with Crippen molar-refractivity contribution in [2.45, 2.75) is 6.61 Å². The maximum absolute atomic E-state index is 13.5. The van der Waals surface area contributed by atoms with Crippen molar-refractivity contribution < 1.29 is 13.5 Å². The minimum Gasteiger partial charge on any atom is -0.488 e. The summed E-state index contributed by atoms with van der Waals surface area (Å²) in [5, 5.41) is 6.30. The SMILES string of the molecule is O=c1c2ccccc2nc(-c2cc3cc(Cl)ccc3o2)n1N=Cc1ccccc1OCc1ccc(F)cc1. The van der Waals surface area contributed by atoms with E-state index in [9.17, 15) is 9.18 Å². The molecular weight excluding hydrogens is 505 g/mol. The minimum atomic E-state index is -0.343. The minimum absolute atomic E-state index is 0.245. The number of halogens is 2. The van der Waals surface area contributed by atoms with Crippen LogP contribution < -0.4 is 10.3 Å². The average molecular weight is 524 g/mol. The van der Waals surface area contributed by atoms with Crippen molar-refractivity contribution >= 4 is 39.7 Å². The van der Waals surface area contributed by atoms with Crippen LogP contribution in [-0.4, -0.2) is 15.9 Å². The van der Waals surface area contributed by atoms with Crippen LogP contribution in [0.5, 0.6) is 5.75 Å². The van der Waals surface area contributed by atoms with E-state index >= 15 is 0 Å². The molecule has 0 fully saturated rings. The summed E-state index contributed by atoms with van der Waals surface area (Å²) < 4.78 is 26.4. The van der Waals surface area contributed by atoms with Crippen LogP contribution in [0.3, 0.4) is 0 Å². The molecule has 38 heavy (non-hydrogen) atoms. The number of furan rings is 1. The van der Waals surface area contributed by atoms with Crippen LogP contribution in [-0.2, 0) is 6.61 Å². The molecule has 0 unspecified atom stereocenters. The van der Waals surface area contributed by atoms with Crippen LogP contribution >= 0.6 is 11.6 Å². The van der Waals surface area contributed by atoms with Crippen LogP contribution in [0.1, 0.15) is 11.1 Å². The lowest BCUT2D eigenvalue weighted by Crippen LogP contribution is -2.20. The predicted octanol–water partition coefficient (Wildman–Crippen LogP) is 7.06. The fourth-order valence-electron chi connectivity index (χ4n) is 4.10. The Balaban J connectivity index is 1.42. The molecule has 0 N–H and O–H groups in total. The van der Waals surface area contributed by atoms with Gasteiger partial charge in [-0.3, -0.25) is 4.79 Å². The summed E-state index contributed by atoms with van der Waals surface area (Å²) in [7, 11) is 0. The molecule has 0 aliphatic rings. The standard InChI is InChI=1S/C30H19ClFN3O3/c31-22-11-14-27-21(15-22)16-28(38-27)29-34-25-7-3-2-6-24(25)30(36)35(29)33-17-20-5-1-4-8-26(20)37-18-19-9-12-23(32)13-10-19/h1-17H,18H2. The second-order valence-corrected chi connectivity index (χ2v) is 9.00. The summed E-state index contributed by atoms with van der Waals surface area (Å²) in [6.45, 7) is 0.245. The number of ether oxygens (including phenoxy) is 1. The van der Waals surface area contributed by atoms with Gasteiger partial charge in [-0.1, -0.05) is 48.0 Å². The van der Waals surface area contributed by atoms with E-state index in [1.165, 1.54) is 16.8 Å². The van der Waals surface area contributed by atoms with Crippen molar-refractivity contribution in [1.82, 2.24) is 9.66 Å². The first kappa shape index (κ1) is 23.6. The van der Waals surface area contributed by atoms with Crippen molar-refractivity contribution in [1.29, 1.82) is 0 Å². The maximum Gasteiger partial charge on any atom is 0.282 e. The lowest BCUT2D eigenvalue weighted by atomic mass is 10.2. The Morgan fingerprint density at radius 2 is 1.76 bits per heavy atom. The van der Waals surface area contributed by atoms with Gasteiger partial charge in [0.05, 0.1) is 17.1 Å². The van der Waals surface area contributed by atoms with Gasteiger partial charge in [-0.05, 0) is 66.2 Å². The third-order valence-corrected chi connectivity index (χ3v) is 6.23. The van der Waals surface area contributed by atoms with E-state index in [-0.39, 0.29) is 23.8 Å². The Hall–Kier alpha value is -4.75. The molecule has 0 atom stereocenters. The topological polar surface area (TPSA) is 69.6 Å². The number of aromatic nitrogens is 2. The third-order valence-electron chi connectivity index (χ3n) is 5.99. The number of rotatable bonds is 6. The molecule has 0 saturated carbocycles. The lowest BCUT2D eigenvalue weighted by Gasteiger charge is -2.10. The zero-order chi connectivity index (χ0) is 26.1. The van der Waals surface area contributed by atoms with Gasteiger partial charge in [0.15, 0.2) is 5.76 Å². The molecule has 2 heterocycles. The zero-order valence-corrected chi connectivity index (χ0v) is 20.6. The maximum atomic E-state index is 13.5. The van der Waals surface area contributed by atoms with Crippen molar-refractivity contribution in [3.05, 3.63) is 129 Å². The molecule has 0 saturated heterocycles.